The maximum Gasteiger partial charge on any atom is 0.170 e. The number of thiocarbonyl (C=S) groups is 1. The number of rotatable bonds is 8. The van der Waals surface area contributed by atoms with Gasteiger partial charge in [0.05, 0.1) is 19.9 Å². The van der Waals surface area contributed by atoms with Gasteiger partial charge in [0.2, 0.25) is 0 Å². The number of piperidine rings is 1. The Morgan fingerprint density at radius 3 is 2.84 bits per heavy atom. The van der Waals surface area contributed by atoms with Crippen LogP contribution in [0.25, 0.3) is 0 Å². The highest BCUT2D eigenvalue weighted by Crippen LogP contribution is 2.28. The average molecular weight is 366 g/mol. The fraction of sp³-hybridized carbons (Fsp3) is 0.632. The molecule has 1 aromatic carbocycles. The van der Waals surface area contributed by atoms with Crippen molar-refractivity contribution < 1.29 is 9.47 Å². The Balaban J connectivity index is 1.73. The first kappa shape index (κ1) is 19.8. The molecule has 25 heavy (non-hydrogen) atoms. The van der Waals surface area contributed by atoms with Gasteiger partial charge in [0.25, 0.3) is 0 Å². The molecule has 1 saturated heterocycles. The first-order valence-electron chi connectivity index (χ1n) is 9.18. The summed E-state index contributed by atoms with van der Waals surface area (Å²) in [4.78, 5) is 2.63. The van der Waals surface area contributed by atoms with E-state index >= 15 is 0 Å². The van der Waals surface area contributed by atoms with Gasteiger partial charge in [0.15, 0.2) is 5.11 Å². The lowest BCUT2D eigenvalue weighted by Crippen LogP contribution is -2.40. The zero-order chi connectivity index (χ0) is 18.1. The van der Waals surface area contributed by atoms with E-state index in [0.717, 1.165) is 37.0 Å². The van der Waals surface area contributed by atoms with Crippen LogP contribution in [0.2, 0.25) is 0 Å². The van der Waals surface area contributed by atoms with Crippen LogP contribution < -0.4 is 20.1 Å². The van der Waals surface area contributed by atoms with Gasteiger partial charge in [-0.25, -0.2) is 0 Å². The van der Waals surface area contributed by atoms with Crippen molar-refractivity contribution in [2.24, 2.45) is 0 Å². The monoisotopic (exact) mass is 365 g/mol. The summed E-state index contributed by atoms with van der Waals surface area (Å²) < 4.78 is 10.6. The van der Waals surface area contributed by atoms with E-state index in [1.165, 1.54) is 32.2 Å². The van der Waals surface area contributed by atoms with Gasteiger partial charge in [-0.2, -0.15) is 0 Å². The number of ether oxygens (including phenoxy) is 2. The minimum Gasteiger partial charge on any atom is -0.497 e. The van der Waals surface area contributed by atoms with Crippen molar-refractivity contribution in [1.82, 2.24) is 10.2 Å². The Bertz CT molecular complexity index is 553. The average Bonchev–Trinajstić information content (AvgIpc) is 2.65. The molecule has 1 aromatic rings. The molecule has 5 nitrogen and oxygen atoms in total. The Kier molecular flexibility index (Phi) is 8.28. The highest BCUT2D eigenvalue weighted by atomic mass is 32.1. The van der Waals surface area contributed by atoms with Crippen LogP contribution in [0.1, 0.15) is 39.0 Å². The molecule has 2 N–H and O–H groups in total. The Hall–Kier alpha value is -1.53. The lowest BCUT2D eigenvalue weighted by Gasteiger charge is -2.35. The van der Waals surface area contributed by atoms with Crippen molar-refractivity contribution >= 4 is 23.0 Å². The molecule has 0 amide bonds. The third kappa shape index (κ3) is 6.04. The first-order valence-corrected chi connectivity index (χ1v) is 9.59. The van der Waals surface area contributed by atoms with Crippen LogP contribution in [0.3, 0.4) is 0 Å². The zero-order valence-electron chi connectivity index (χ0n) is 15.6. The van der Waals surface area contributed by atoms with E-state index < -0.39 is 0 Å². The molecule has 6 heteroatoms. The smallest absolute Gasteiger partial charge is 0.170 e. The molecule has 0 saturated carbocycles. The van der Waals surface area contributed by atoms with Gasteiger partial charge < -0.3 is 25.0 Å². The third-order valence-corrected chi connectivity index (χ3v) is 5.03. The number of methoxy groups -OCH3 is 2. The maximum atomic E-state index is 5.40. The van der Waals surface area contributed by atoms with Crippen molar-refractivity contribution in [3.05, 3.63) is 18.2 Å². The van der Waals surface area contributed by atoms with Crippen molar-refractivity contribution in [3.63, 3.8) is 0 Å². The van der Waals surface area contributed by atoms with Crippen LogP contribution in [0.5, 0.6) is 11.5 Å². The molecule has 0 unspecified atom stereocenters. The Labute approximate surface area is 157 Å². The Morgan fingerprint density at radius 1 is 1.28 bits per heavy atom. The molecule has 0 spiro atoms. The number of hydrogen-bond acceptors (Lipinski definition) is 4. The number of nitrogens with one attached hydrogen (secondary N) is 2. The van der Waals surface area contributed by atoms with Crippen molar-refractivity contribution in [1.29, 1.82) is 0 Å². The van der Waals surface area contributed by atoms with E-state index in [2.05, 4.69) is 22.5 Å². The number of likely N-dealkylation sites (tertiary alicyclic amines) is 1. The van der Waals surface area contributed by atoms with Crippen LogP contribution in [-0.4, -0.2) is 49.9 Å². The molecule has 1 aliphatic heterocycles. The summed E-state index contributed by atoms with van der Waals surface area (Å²) in [7, 11) is 3.28. The largest absolute Gasteiger partial charge is 0.497 e. The summed E-state index contributed by atoms with van der Waals surface area (Å²) in [5.74, 6) is 1.47. The number of nitrogens with zero attached hydrogens (tertiary/aromatic N) is 1. The molecule has 0 radical (unpaired) electrons. The predicted octanol–water partition coefficient (Wildman–Crippen LogP) is 3.64. The van der Waals surface area contributed by atoms with E-state index in [1.54, 1.807) is 14.2 Å². The highest BCUT2D eigenvalue weighted by Gasteiger charge is 2.19. The highest BCUT2D eigenvalue weighted by molar-refractivity contribution is 7.80. The molecule has 2 rings (SSSR count). The number of hydrogen-bond donors (Lipinski definition) is 2. The topological polar surface area (TPSA) is 45.8 Å². The molecule has 0 aromatic heterocycles. The van der Waals surface area contributed by atoms with E-state index in [9.17, 15) is 0 Å². The molecule has 1 heterocycles. The lowest BCUT2D eigenvalue weighted by molar-refractivity contribution is 0.143. The normalized spacial score (nSPS) is 17.8. The lowest BCUT2D eigenvalue weighted by atomic mass is 10.00. The quantitative estimate of drug-likeness (QED) is 0.542. The van der Waals surface area contributed by atoms with E-state index in [4.69, 9.17) is 21.7 Å². The summed E-state index contributed by atoms with van der Waals surface area (Å²) in [5.41, 5.74) is 0.836. The van der Waals surface area contributed by atoms with Crippen LogP contribution in [-0.2, 0) is 0 Å². The Morgan fingerprint density at radius 2 is 2.12 bits per heavy atom. The second kappa shape index (κ2) is 10.5. The third-order valence-electron chi connectivity index (χ3n) is 4.78. The van der Waals surface area contributed by atoms with Crippen molar-refractivity contribution in [2.75, 3.05) is 39.2 Å². The van der Waals surface area contributed by atoms with Crippen LogP contribution >= 0.6 is 12.2 Å². The summed E-state index contributed by atoms with van der Waals surface area (Å²) in [6.45, 7) is 5.55. The SMILES string of the molecule is CC[C@H]1CCCCN1CCCNC(=S)Nc1ccc(OC)cc1OC. The second-order valence-electron chi connectivity index (χ2n) is 6.39. The summed E-state index contributed by atoms with van der Waals surface area (Å²) >= 11 is 5.40. The molecule has 0 bridgehead atoms. The van der Waals surface area contributed by atoms with E-state index in [1.807, 2.05) is 18.2 Å². The van der Waals surface area contributed by atoms with Crippen molar-refractivity contribution in [3.8, 4) is 11.5 Å². The number of benzene rings is 1. The second-order valence-corrected chi connectivity index (χ2v) is 6.80. The molecule has 1 aliphatic rings. The minimum atomic E-state index is 0.620. The van der Waals surface area contributed by atoms with Gasteiger partial charge in [-0.15, -0.1) is 0 Å². The van der Waals surface area contributed by atoms with Gasteiger partial charge in [-0.1, -0.05) is 13.3 Å². The van der Waals surface area contributed by atoms with E-state index in [0.29, 0.717) is 10.9 Å². The van der Waals surface area contributed by atoms with Gasteiger partial charge in [-0.05, 0) is 56.6 Å². The van der Waals surface area contributed by atoms with Gasteiger partial charge in [0, 0.05) is 25.2 Å². The summed E-state index contributed by atoms with van der Waals surface area (Å²) in [6, 6.07) is 6.40. The molecule has 140 valence electrons. The predicted molar refractivity (Wildman–Crippen MR) is 108 cm³/mol. The van der Waals surface area contributed by atoms with Gasteiger partial charge in [0.1, 0.15) is 11.5 Å². The minimum absolute atomic E-state index is 0.620. The van der Waals surface area contributed by atoms with Crippen LogP contribution in [0.4, 0.5) is 5.69 Å². The number of anilines is 1. The van der Waals surface area contributed by atoms with Gasteiger partial charge >= 0.3 is 0 Å². The first-order chi connectivity index (χ1) is 12.2. The molecular weight excluding hydrogens is 334 g/mol. The molecule has 1 fully saturated rings. The van der Waals surface area contributed by atoms with Crippen LogP contribution in [0.15, 0.2) is 18.2 Å². The fourth-order valence-corrected chi connectivity index (χ4v) is 3.58. The summed E-state index contributed by atoms with van der Waals surface area (Å²) in [6.07, 6.45) is 6.41. The standard InChI is InChI=1S/C19H31N3O2S/c1-4-15-8-5-6-12-22(15)13-7-11-20-19(25)21-17-10-9-16(23-2)14-18(17)24-3/h9-10,14-15H,4-8,11-13H2,1-3H3,(H2,20,21,25)/t15-/m0/s1. The fourth-order valence-electron chi connectivity index (χ4n) is 3.37. The molecular formula is C19H31N3O2S. The zero-order valence-corrected chi connectivity index (χ0v) is 16.5. The molecule has 0 aliphatic carbocycles. The summed E-state index contributed by atoms with van der Waals surface area (Å²) in [5, 5.41) is 7.11. The maximum absolute atomic E-state index is 5.40. The van der Waals surface area contributed by atoms with Crippen molar-refractivity contribution in [2.45, 2.75) is 45.1 Å². The molecule has 1 atom stereocenters. The van der Waals surface area contributed by atoms with Crippen LogP contribution in [0, 0.1) is 0 Å². The van der Waals surface area contributed by atoms with E-state index in [-0.39, 0.29) is 0 Å². The van der Waals surface area contributed by atoms with Gasteiger partial charge in [-0.3, -0.25) is 0 Å².